The van der Waals surface area contributed by atoms with Crippen LogP contribution in [0.25, 0.3) is 49.7 Å². The molecule has 1 atom stereocenters. The van der Waals surface area contributed by atoms with Crippen molar-refractivity contribution < 1.29 is 0 Å². The highest BCUT2D eigenvalue weighted by Gasteiger charge is 2.40. The summed E-state index contributed by atoms with van der Waals surface area (Å²) in [6.07, 6.45) is 3.13. The molecule has 0 saturated carbocycles. The molecule has 0 bridgehead atoms. The van der Waals surface area contributed by atoms with Crippen LogP contribution < -0.4 is 4.90 Å². The number of anilines is 2. The quantitative estimate of drug-likeness (QED) is 0.238. The smallest absolute Gasteiger partial charge is 0.164 e. The zero-order valence-corrected chi connectivity index (χ0v) is 21.7. The minimum Gasteiger partial charge on any atom is -0.316 e. The van der Waals surface area contributed by atoms with Crippen LogP contribution in [-0.2, 0) is 6.42 Å². The normalized spacial score (nSPS) is 15.1. The summed E-state index contributed by atoms with van der Waals surface area (Å²) in [6, 6.07) is 43.2. The summed E-state index contributed by atoms with van der Waals surface area (Å²) < 4.78 is 2.35. The number of rotatable bonds is 3. The van der Waals surface area contributed by atoms with E-state index in [4.69, 9.17) is 10.2 Å². The number of fused-ring (bicyclic) bond motifs is 3. The second-order valence-electron chi connectivity index (χ2n) is 10.7. The molecule has 7 aromatic rings. The molecule has 1 aliphatic carbocycles. The van der Waals surface area contributed by atoms with Crippen molar-refractivity contribution in [3.63, 3.8) is 0 Å². The third-order valence-electron chi connectivity index (χ3n) is 8.58. The van der Waals surface area contributed by atoms with Gasteiger partial charge in [-0.2, -0.15) is 0 Å². The van der Waals surface area contributed by atoms with Crippen molar-refractivity contribution in [2.75, 3.05) is 4.90 Å². The van der Waals surface area contributed by atoms with Crippen molar-refractivity contribution in [3.8, 4) is 28.2 Å². The van der Waals surface area contributed by atoms with E-state index < -0.39 is 0 Å². The first kappa shape index (κ1) is 21.7. The zero-order valence-electron chi connectivity index (χ0n) is 21.7. The number of aromatic nitrogens is 3. The lowest BCUT2D eigenvalue weighted by Gasteiger charge is -2.32. The first-order chi connectivity index (χ1) is 19.9. The Hall–Kier alpha value is -5.22. The average molecular weight is 513 g/mol. The van der Waals surface area contributed by atoms with Gasteiger partial charge in [0.25, 0.3) is 0 Å². The molecule has 1 aliphatic heterocycles. The second kappa shape index (κ2) is 8.14. The molecule has 188 valence electrons. The Morgan fingerprint density at radius 1 is 0.650 bits per heavy atom. The van der Waals surface area contributed by atoms with Crippen LogP contribution in [0.15, 0.2) is 128 Å². The molecule has 4 heteroatoms. The Labute approximate surface area is 231 Å². The maximum atomic E-state index is 4.97. The van der Waals surface area contributed by atoms with Gasteiger partial charge < -0.3 is 9.47 Å². The Morgan fingerprint density at radius 2 is 1.43 bits per heavy atom. The van der Waals surface area contributed by atoms with Crippen molar-refractivity contribution in [2.45, 2.75) is 12.5 Å². The maximum Gasteiger partial charge on any atom is 0.164 e. The molecule has 1 unspecified atom stereocenters. The largest absolute Gasteiger partial charge is 0.316 e. The van der Waals surface area contributed by atoms with Crippen LogP contribution in [0.4, 0.5) is 11.5 Å². The molecule has 0 fully saturated rings. The van der Waals surface area contributed by atoms with Crippen LogP contribution in [-0.4, -0.2) is 14.8 Å². The lowest BCUT2D eigenvalue weighted by atomic mass is 9.85. The maximum absolute atomic E-state index is 4.97. The summed E-state index contributed by atoms with van der Waals surface area (Å²) in [4.78, 5) is 2.45. The molecule has 0 radical (unpaired) electrons. The molecule has 0 spiro atoms. The van der Waals surface area contributed by atoms with Gasteiger partial charge in [0.05, 0.1) is 17.4 Å². The lowest BCUT2D eigenvalue weighted by molar-refractivity contribution is 0.698. The van der Waals surface area contributed by atoms with Gasteiger partial charge >= 0.3 is 0 Å². The average Bonchev–Trinajstić information content (AvgIpc) is 3.60. The Balaban J connectivity index is 1.29. The van der Waals surface area contributed by atoms with E-state index in [-0.39, 0.29) is 6.04 Å². The van der Waals surface area contributed by atoms with Crippen molar-refractivity contribution in [3.05, 3.63) is 139 Å². The number of benzene rings is 5. The second-order valence-corrected chi connectivity index (χ2v) is 10.7. The predicted molar refractivity (Wildman–Crippen MR) is 162 cm³/mol. The topological polar surface area (TPSA) is 34.0 Å². The van der Waals surface area contributed by atoms with E-state index in [1.807, 2.05) is 6.07 Å². The Morgan fingerprint density at radius 3 is 2.27 bits per heavy atom. The molecule has 2 aliphatic rings. The zero-order chi connectivity index (χ0) is 26.2. The third-order valence-corrected chi connectivity index (χ3v) is 8.58. The summed E-state index contributed by atoms with van der Waals surface area (Å²) in [5.41, 5.74) is 9.75. The van der Waals surface area contributed by atoms with Crippen LogP contribution >= 0.6 is 0 Å². The highest BCUT2D eigenvalue weighted by molar-refractivity contribution is 6.10. The molecular weight excluding hydrogens is 488 g/mol. The Kier molecular flexibility index (Phi) is 4.41. The van der Waals surface area contributed by atoms with Gasteiger partial charge in [0.2, 0.25) is 0 Å². The molecule has 40 heavy (non-hydrogen) atoms. The van der Waals surface area contributed by atoms with Crippen molar-refractivity contribution in [1.82, 2.24) is 14.8 Å². The first-order valence-electron chi connectivity index (χ1n) is 13.8. The summed E-state index contributed by atoms with van der Waals surface area (Å²) in [7, 11) is 0. The SMILES string of the molecule is c1ccc(-c2nnc(N3c4cccc5ccc6c(c45)C3Cc3ccn(-c4ccccc4)c3-6)c3ccccc23)cc1. The van der Waals surface area contributed by atoms with Gasteiger partial charge in [-0.25, -0.2) is 0 Å². The summed E-state index contributed by atoms with van der Waals surface area (Å²) in [5, 5.41) is 14.7. The fraction of sp³-hybridized carbons (Fsp3) is 0.0556. The molecule has 0 saturated heterocycles. The van der Waals surface area contributed by atoms with Crippen LogP contribution in [0.3, 0.4) is 0 Å². The third kappa shape index (κ3) is 2.90. The number of para-hydroxylation sites is 1. The Bertz CT molecular complexity index is 2090. The van der Waals surface area contributed by atoms with Crippen LogP contribution in [0, 0.1) is 0 Å². The van der Waals surface area contributed by atoms with Gasteiger partial charge in [0, 0.05) is 39.2 Å². The van der Waals surface area contributed by atoms with E-state index in [1.165, 1.54) is 44.5 Å². The highest BCUT2D eigenvalue weighted by Crippen LogP contribution is 2.56. The fourth-order valence-electron chi connectivity index (χ4n) is 6.92. The predicted octanol–water partition coefficient (Wildman–Crippen LogP) is 8.66. The summed E-state index contributed by atoms with van der Waals surface area (Å²) in [5.74, 6) is 0.917. The highest BCUT2D eigenvalue weighted by atomic mass is 15.3. The van der Waals surface area contributed by atoms with Gasteiger partial charge in [-0.05, 0) is 47.2 Å². The summed E-state index contributed by atoms with van der Waals surface area (Å²) in [6.45, 7) is 0. The van der Waals surface area contributed by atoms with Gasteiger partial charge in [0.1, 0.15) is 5.69 Å². The fourth-order valence-corrected chi connectivity index (χ4v) is 6.92. The van der Waals surface area contributed by atoms with E-state index in [0.717, 1.165) is 34.3 Å². The standard InChI is InChI=1S/C36H24N4/c1-3-10-24(11-4-1)34-27-15-7-8-16-28(27)36(38-37-34)40-30-17-9-12-23-18-19-29-33(32(23)30)31(40)22-25-20-21-39(35(25)29)26-13-5-2-6-14-26/h1-21,31H,22H2. The molecule has 4 nitrogen and oxygen atoms in total. The van der Waals surface area contributed by atoms with Gasteiger partial charge in [0.15, 0.2) is 5.82 Å². The molecule has 9 rings (SSSR count). The molecular formula is C36H24N4. The number of nitrogens with zero attached hydrogens (tertiary/aromatic N) is 4. The van der Waals surface area contributed by atoms with E-state index in [2.05, 4.69) is 131 Å². The molecule has 0 amide bonds. The number of hydrogen-bond donors (Lipinski definition) is 0. The van der Waals surface area contributed by atoms with E-state index >= 15 is 0 Å². The van der Waals surface area contributed by atoms with E-state index in [1.54, 1.807) is 0 Å². The van der Waals surface area contributed by atoms with Gasteiger partial charge in [-0.1, -0.05) is 97.1 Å². The number of hydrogen-bond acceptors (Lipinski definition) is 3. The molecule has 3 heterocycles. The minimum absolute atomic E-state index is 0.149. The van der Waals surface area contributed by atoms with Gasteiger partial charge in [-0.15, -0.1) is 10.2 Å². The van der Waals surface area contributed by atoms with E-state index in [0.29, 0.717) is 0 Å². The monoisotopic (exact) mass is 512 g/mol. The molecule has 2 aromatic heterocycles. The van der Waals surface area contributed by atoms with E-state index in [9.17, 15) is 0 Å². The van der Waals surface area contributed by atoms with Crippen molar-refractivity contribution >= 4 is 33.1 Å². The van der Waals surface area contributed by atoms with Crippen LogP contribution in [0.5, 0.6) is 0 Å². The van der Waals surface area contributed by atoms with Gasteiger partial charge in [-0.3, -0.25) is 0 Å². The van der Waals surface area contributed by atoms with Crippen molar-refractivity contribution in [1.29, 1.82) is 0 Å². The first-order valence-corrected chi connectivity index (χ1v) is 13.8. The van der Waals surface area contributed by atoms with Crippen LogP contribution in [0.1, 0.15) is 17.2 Å². The molecule has 5 aromatic carbocycles. The molecule has 0 N–H and O–H groups in total. The summed E-state index contributed by atoms with van der Waals surface area (Å²) >= 11 is 0. The van der Waals surface area contributed by atoms with Crippen LogP contribution in [0.2, 0.25) is 0 Å². The lowest BCUT2D eigenvalue weighted by Crippen LogP contribution is -2.25. The minimum atomic E-state index is 0.149. The van der Waals surface area contributed by atoms with Crippen molar-refractivity contribution in [2.24, 2.45) is 0 Å².